The minimum absolute atomic E-state index is 0. The van der Waals surface area contributed by atoms with Crippen molar-refractivity contribution in [1.29, 1.82) is 0 Å². The molecular formula is C4H6Pd. The molecule has 0 aliphatic heterocycles. The molecule has 0 amide bonds. The third-order valence-electron chi connectivity index (χ3n) is 0.667. The van der Waals surface area contributed by atoms with Crippen LogP contribution in [-0.4, -0.2) is 0 Å². The van der Waals surface area contributed by atoms with Gasteiger partial charge in [-0.25, -0.2) is 0 Å². The Morgan fingerprint density at radius 1 is 1.00 bits per heavy atom. The largest absolute Gasteiger partial charge is 0.0882 e. The van der Waals surface area contributed by atoms with Crippen molar-refractivity contribution in [3.8, 4) is 0 Å². The second kappa shape index (κ2) is 2.63. The van der Waals surface area contributed by atoms with Gasteiger partial charge in [-0.05, 0) is 12.8 Å². The predicted octanol–water partition coefficient (Wildman–Crippen LogP) is 1.33. The molecule has 0 aromatic rings. The number of rotatable bonds is 0. The van der Waals surface area contributed by atoms with Crippen molar-refractivity contribution < 1.29 is 20.4 Å². The average Bonchev–Trinajstić information content (AvgIpc) is 0.722. The maximum atomic E-state index is 2.18. The Morgan fingerprint density at radius 3 is 1.20 bits per heavy atom. The van der Waals surface area contributed by atoms with E-state index in [4.69, 9.17) is 0 Å². The van der Waals surface area contributed by atoms with Crippen LogP contribution in [0.5, 0.6) is 0 Å². The first kappa shape index (κ1) is 5.40. The summed E-state index contributed by atoms with van der Waals surface area (Å²) in [6.07, 6.45) is 7.00. The average molecular weight is 161 g/mol. The van der Waals surface area contributed by atoms with E-state index in [0.29, 0.717) is 0 Å². The van der Waals surface area contributed by atoms with Crippen LogP contribution in [0.15, 0.2) is 12.2 Å². The summed E-state index contributed by atoms with van der Waals surface area (Å²) in [5.41, 5.74) is 0. The topological polar surface area (TPSA) is 0 Å². The van der Waals surface area contributed by atoms with Crippen LogP contribution in [-0.2, 0) is 20.4 Å². The maximum absolute atomic E-state index is 2.18. The quantitative estimate of drug-likeness (QED) is 0.371. The van der Waals surface area contributed by atoms with E-state index < -0.39 is 0 Å². The Labute approximate surface area is 45.9 Å². The van der Waals surface area contributed by atoms with Gasteiger partial charge in [-0.15, -0.1) is 0 Å². The van der Waals surface area contributed by atoms with Gasteiger partial charge in [0.15, 0.2) is 0 Å². The van der Waals surface area contributed by atoms with Gasteiger partial charge < -0.3 is 0 Å². The molecule has 5 heavy (non-hydrogen) atoms. The fourth-order valence-electron chi connectivity index (χ4n) is 0.167. The van der Waals surface area contributed by atoms with Gasteiger partial charge in [0.25, 0.3) is 0 Å². The summed E-state index contributed by atoms with van der Waals surface area (Å²) in [7, 11) is 0. The van der Waals surface area contributed by atoms with Crippen LogP contribution >= 0.6 is 0 Å². The summed E-state index contributed by atoms with van der Waals surface area (Å²) in [5, 5.41) is 0. The van der Waals surface area contributed by atoms with Crippen LogP contribution < -0.4 is 0 Å². The van der Waals surface area contributed by atoms with Crippen molar-refractivity contribution in [3.63, 3.8) is 0 Å². The van der Waals surface area contributed by atoms with E-state index >= 15 is 0 Å². The van der Waals surface area contributed by atoms with Crippen LogP contribution in [0, 0.1) is 0 Å². The van der Waals surface area contributed by atoms with Crippen molar-refractivity contribution in [1.82, 2.24) is 0 Å². The van der Waals surface area contributed by atoms with Crippen LogP contribution in [0.25, 0.3) is 0 Å². The summed E-state index contributed by atoms with van der Waals surface area (Å²) in [6, 6.07) is 0. The molecule has 0 aromatic heterocycles. The van der Waals surface area contributed by atoms with E-state index in [1.54, 1.807) is 0 Å². The maximum Gasteiger partial charge on any atom is 0 e. The van der Waals surface area contributed by atoms with Crippen molar-refractivity contribution in [3.05, 3.63) is 12.2 Å². The van der Waals surface area contributed by atoms with Crippen LogP contribution in [0.3, 0.4) is 0 Å². The van der Waals surface area contributed by atoms with Crippen LogP contribution in [0.4, 0.5) is 0 Å². The third kappa shape index (κ3) is 1.31. The molecule has 0 N–H and O–H groups in total. The second-order valence-electron chi connectivity index (χ2n) is 1.05. The zero-order chi connectivity index (χ0) is 2.83. The van der Waals surface area contributed by atoms with Gasteiger partial charge in [-0.1, -0.05) is 12.2 Å². The molecule has 1 rings (SSSR count). The van der Waals surface area contributed by atoms with Gasteiger partial charge in [-0.3, -0.25) is 0 Å². The van der Waals surface area contributed by atoms with Gasteiger partial charge in [0.2, 0.25) is 0 Å². The van der Waals surface area contributed by atoms with Gasteiger partial charge in [0.1, 0.15) is 0 Å². The zero-order valence-electron chi connectivity index (χ0n) is 2.89. The molecule has 0 radical (unpaired) electrons. The molecule has 0 saturated heterocycles. The van der Waals surface area contributed by atoms with E-state index in [1.165, 1.54) is 12.8 Å². The normalized spacial score (nSPS) is 16.0. The van der Waals surface area contributed by atoms with Gasteiger partial charge >= 0.3 is 0 Å². The Hall–Kier alpha value is 0.402. The zero-order valence-corrected chi connectivity index (χ0v) is 4.44. The summed E-state index contributed by atoms with van der Waals surface area (Å²) in [4.78, 5) is 0. The SMILES string of the molecule is C1=CCC1.[Pd]. The van der Waals surface area contributed by atoms with Crippen molar-refractivity contribution in [2.24, 2.45) is 0 Å². The van der Waals surface area contributed by atoms with E-state index in [9.17, 15) is 0 Å². The minimum Gasteiger partial charge on any atom is -0.0882 e. The Bertz CT molecular complexity index is 32.9. The van der Waals surface area contributed by atoms with Crippen LogP contribution in [0.1, 0.15) is 12.8 Å². The first-order valence-corrected chi connectivity index (χ1v) is 1.65. The molecule has 0 spiro atoms. The molecule has 0 heterocycles. The molecule has 0 bridgehead atoms. The van der Waals surface area contributed by atoms with E-state index in [1.807, 2.05) is 0 Å². The van der Waals surface area contributed by atoms with Crippen molar-refractivity contribution >= 4 is 0 Å². The summed E-state index contributed by atoms with van der Waals surface area (Å²) < 4.78 is 0. The number of allylic oxidation sites excluding steroid dienone is 2. The van der Waals surface area contributed by atoms with Crippen molar-refractivity contribution in [2.75, 3.05) is 0 Å². The Kier molecular flexibility index (Phi) is 2.84. The Balaban J connectivity index is 0.000000160. The first-order chi connectivity index (χ1) is 2.00. The molecule has 0 fully saturated rings. The molecule has 0 unspecified atom stereocenters. The first-order valence-electron chi connectivity index (χ1n) is 1.65. The summed E-state index contributed by atoms with van der Waals surface area (Å²) >= 11 is 0. The second-order valence-corrected chi connectivity index (χ2v) is 1.05. The molecule has 0 nitrogen and oxygen atoms in total. The van der Waals surface area contributed by atoms with Gasteiger partial charge in [-0.2, -0.15) is 0 Å². The number of hydrogen-bond donors (Lipinski definition) is 0. The minimum atomic E-state index is 0. The van der Waals surface area contributed by atoms with E-state index in [0.717, 1.165) is 0 Å². The van der Waals surface area contributed by atoms with Crippen molar-refractivity contribution in [2.45, 2.75) is 12.8 Å². The van der Waals surface area contributed by atoms with E-state index in [2.05, 4.69) is 12.2 Å². The Morgan fingerprint density at radius 2 is 1.20 bits per heavy atom. The monoisotopic (exact) mass is 160 g/mol. The molecule has 0 aromatic carbocycles. The molecule has 32 valence electrons. The van der Waals surface area contributed by atoms with Gasteiger partial charge in [0, 0.05) is 20.4 Å². The molecule has 0 saturated carbocycles. The van der Waals surface area contributed by atoms with E-state index in [-0.39, 0.29) is 20.4 Å². The molecule has 1 aliphatic rings. The molecule has 0 atom stereocenters. The summed E-state index contributed by atoms with van der Waals surface area (Å²) in [5.74, 6) is 0. The fourth-order valence-corrected chi connectivity index (χ4v) is 0.167. The molecule has 1 heteroatoms. The van der Waals surface area contributed by atoms with Crippen LogP contribution in [0.2, 0.25) is 0 Å². The number of hydrogen-bond acceptors (Lipinski definition) is 0. The molecular weight excluding hydrogens is 154 g/mol. The predicted molar refractivity (Wildman–Crippen MR) is 18.4 cm³/mol. The third-order valence-corrected chi connectivity index (χ3v) is 0.667. The smallest absolute Gasteiger partial charge is 0 e. The van der Waals surface area contributed by atoms with Gasteiger partial charge in [0.05, 0.1) is 0 Å². The summed E-state index contributed by atoms with van der Waals surface area (Å²) in [6.45, 7) is 0. The molecule has 1 aliphatic carbocycles. The standard InChI is InChI=1S/C4H6.Pd/c1-2-4-3-1;/h1-2H,3-4H2;. The fraction of sp³-hybridized carbons (Fsp3) is 0.500.